The number of halogens is 1. The molecule has 0 radical (unpaired) electrons. The Morgan fingerprint density at radius 2 is 2.16 bits per heavy atom. The summed E-state index contributed by atoms with van der Waals surface area (Å²) in [5.74, 6) is -2.16. The summed E-state index contributed by atoms with van der Waals surface area (Å²) in [5.41, 5.74) is -0.159. The van der Waals surface area contributed by atoms with Gasteiger partial charge in [-0.2, -0.15) is 0 Å². The number of esters is 1. The first kappa shape index (κ1) is 13.3. The van der Waals surface area contributed by atoms with Crippen LogP contribution in [-0.4, -0.2) is 41.6 Å². The molecule has 19 heavy (non-hydrogen) atoms. The van der Waals surface area contributed by atoms with Crippen molar-refractivity contribution < 1.29 is 23.8 Å². The first-order chi connectivity index (χ1) is 9.02. The highest BCUT2D eigenvalue weighted by atomic mass is 19.1. The summed E-state index contributed by atoms with van der Waals surface area (Å²) in [6.07, 6.45) is 1.59. The monoisotopic (exact) mass is 267 g/mol. The lowest BCUT2D eigenvalue weighted by atomic mass is 10.1. The molecule has 2 rings (SSSR count). The molecule has 0 heterocycles. The van der Waals surface area contributed by atoms with E-state index < -0.39 is 17.7 Å². The lowest BCUT2D eigenvalue weighted by Gasteiger charge is -2.21. The molecule has 1 amide bonds. The Morgan fingerprint density at radius 1 is 1.47 bits per heavy atom. The number of aromatic hydroxyl groups is 1. The summed E-state index contributed by atoms with van der Waals surface area (Å²) >= 11 is 0. The molecule has 1 fully saturated rings. The number of phenolic OH excluding ortho intramolecular Hbond substituents is 1. The smallest absolute Gasteiger partial charge is 0.325 e. The highest BCUT2D eigenvalue weighted by Gasteiger charge is 2.35. The Balaban J connectivity index is 2.21. The van der Waals surface area contributed by atoms with E-state index in [2.05, 4.69) is 4.74 Å². The molecule has 0 spiro atoms. The standard InChI is InChI=1S/C13H14FNO4/c1-19-12(17)7-15(8-2-3-8)13(18)10-5-4-9(16)6-11(10)14/h4-6,8,16H,2-3,7H2,1H3. The van der Waals surface area contributed by atoms with Gasteiger partial charge in [-0.3, -0.25) is 9.59 Å². The van der Waals surface area contributed by atoms with Gasteiger partial charge in [0.15, 0.2) is 0 Å². The highest BCUT2D eigenvalue weighted by molar-refractivity contribution is 5.96. The van der Waals surface area contributed by atoms with Crippen LogP contribution in [0.2, 0.25) is 0 Å². The predicted octanol–water partition coefficient (Wildman–Crippen LogP) is 1.31. The van der Waals surface area contributed by atoms with Crippen LogP contribution in [0.3, 0.4) is 0 Å². The Bertz CT molecular complexity index is 513. The largest absolute Gasteiger partial charge is 0.508 e. The second kappa shape index (κ2) is 5.26. The van der Waals surface area contributed by atoms with Gasteiger partial charge in [0.25, 0.3) is 5.91 Å². The molecular formula is C13H14FNO4. The third-order valence-corrected chi connectivity index (χ3v) is 2.96. The molecule has 0 bridgehead atoms. The van der Waals surface area contributed by atoms with Gasteiger partial charge in [-0.15, -0.1) is 0 Å². The summed E-state index contributed by atoms with van der Waals surface area (Å²) in [6, 6.07) is 3.27. The number of hydrogen-bond donors (Lipinski definition) is 1. The maximum Gasteiger partial charge on any atom is 0.325 e. The number of rotatable bonds is 4. The number of benzene rings is 1. The second-order valence-electron chi connectivity index (χ2n) is 4.40. The minimum atomic E-state index is -0.805. The number of methoxy groups -OCH3 is 1. The minimum Gasteiger partial charge on any atom is -0.508 e. The summed E-state index contributed by atoms with van der Waals surface area (Å²) in [5, 5.41) is 9.12. The van der Waals surface area contributed by atoms with E-state index in [9.17, 15) is 14.0 Å². The zero-order chi connectivity index (χ0) is 14.0. The molecule has 0 saturated heterocycles. The molecular weight excluding hydrogens is 253 g/mol. The van der Waals surface area contributed by atoms with Crippen molar-refractivity contribution in [1.29, 1.82) is 0 Å². The fraction of sp³-hybridized carbons (Fsp3) is 0.385. The van der Waals surface area contributed by atoms with E-state index in [4.69, 9.17) is 5.11 Å². The average molecular weight is 267 g/mol. The summed E-state index contributed by atoms with van der Waals surface area (Å²) < 4.78 is 18.2. The predicted molar refractivity (Wildman–Crippen MR) is 64.1 cm³/mol. The first-order valence-electron chi connectivity index (χ1n) is 5.89. The second-order valence-corrected chi connectivity index (χ2v) is 4.40. The first-order valence-corrected chi connectivity index (χ1v) is 5.89. The van der Waals surface area contributed by atoms with Crippen LogP contribution in [0.15, 0.2) is 18.2 Å². The number of phenols is 1. The molecule has 6 heteroatoms. The highest BCUT2D eigenvalue weighted by Crippen LogP contribution is 2.29. The van der Waals surface area contributed by atoms with Crippen molar-refractivity contribution in [3.63, 3.8) is 0 Å². The van der Waals surface area contributed by atoms with Crippen molar-refractivity contribution in [3.8, 4) is 5.75 Å². The van der Waals surface area contributed by atoms with E-state index in [1.54, 1.807) is 0 Å². The van der Waals surface area contributed by atoms with Gasteiger partial charge in [0, 0.05) is 12.1 Å². The van der Waals surface area contributed by atoms with Crippen LogP contribution >= 0.6 is 0 Å². The molecule has 1 aliphatic rings. The maximum absolute atomic E-state index is 13.6. The summed E-state index contributed by atoms with van der Waals surface area (Å²) in [7, 11) is 1.24. The van der Waals surface area contributed by atoms with Crippen LogP contribution < -0.4 is 0 Å². The molecule has 102 valence electrons. The number of carbonyl (C=O) groups excluding carboxylic acids is 2. The van der Waals surface area contributed by atoms with Crippen LogP contribution in [0.25, 0.3) is 0 Å². The molecule has 1 saturated carbocycles. The van der Waals surface area contributed by atoms with Crippen molar-refractivity contribution in [3.05, 3.63) is 29.6 Å². The third-order valence-electron chi connectivity index (χ3n) is 2.96. The lowest BCUT2D eigenvalue weighted by Crippen LogP contribution is -2.38. The molecule has 5 nitrogen and oxygen atoms in total. The summed E-state index contributed by atoms with van der Waals surface area (Å²) in [6.45, 7) is -0.194. The molecule has 0 aliphatic heterocycles. The van der Waals surface area contributed by atoms with Gasteiger partial charge in [0.1, 0.15) is 18.1 Å². The molecule has 0 aromatic heterocycles. The number of nitrogens with zero attached hydrogens (tertiary/aromatic N) is 1. The van der Waals surface area contributed by atoms with Gasteiger partial charge in [0.05, 0.1) is 12.7 Å². The fourth-order valence-corrected chi connectivity index (χ4v) is 1.79. The van der Waals surface area contributed by atoms with E-state index in [1.807, 2.05) is 0 Å². The van der Waals surface area contributed by atoms with E-state index in [0.717, 1.165) is 18.9 Å². The van der Waals surface area contributed by atoms with Gasteiger partial charge in [0.2, 0.25) is 0 Å². The van der Waals surface area contributed by atoms with Crippen LogP contribution in [0.4, 0.5) is 4.39 Å². The topological polar surface area (TPSA) is 66.8 Å². The van der Waals surface area contributed by atoms with Gasteiger partial charge in [-0.1, -0.05) is 0 Å². The van der Waals surface area contributed by atoms with Crippen molar-refractivity contribution in [2.45, 2.75) is 18.9 Å². The zero-order valence-corrected chi connectivity index (χ0v) is 10.4. The van der Waals surface area contributed by atoms with E-state index in [-0.39, 0.29) is 23.9 Å². The van der Waals surface area contributed by atoms with Crippen LogP contribution in [0.1, 0.15) is 23.2 Å². The number of hydrogen-bond acceptors (Lipinski definition) is 4. The number of carbonyl (C=O) groups is 2. The Morgan fingerprint density at radius 3 is 2.68 bits per heavy atom. The van der Waals surface area contributed by atoms with Gasteiger partial charge < -0.3 is 14.7 Å². The molecule has 1 aromatic carbocycles. The summed E-state index contributed by atoms with van der Waals surface area (Å²) in [4.78, 5) is 24.8. The average Bonchev–Trinajstić information content (AvgIpc) is 3.19. The number of amides is 1. The Hall–Kier alpha value is -2.11. The van der Waals surface area contributed by atoms with E-state index >= 15 is 0 Å². The van der Waals surface area contributed by atoms with Gasteiger partial charge >= 0.3 is 5.97 Å². The van der Waals surface area contributed by atoms with Crippen LogP contribution in [-0.2, 0) is 9.53 Å². The van der Waals surface area contributed by atoms with Crippen molar-refractivity contribution in [1.82, 2.24) is 4.90 Å². The Kier molecular flexibility index (Phi) is 3.69. The molecule has 0 atom stereocenters. The van der Waals surface area contributed by atoms with Crippen molar-refractivity contribution in [2.75, 3.05) is 13.7 Å². The third kappa shape index (κ3) is 3.01. The minimum absolute atomic E-state index is 0.0418. The number of ether oxygens (including phenoxy) is 1. The van der Waals surface area contributed by atoms with Gasteiger partial charge in [-0.05, 0) is 25.0 Å². The van der Waals surface area contributed by atoms with Crippen LogP contribution in [0.5, 0.6) is 5.75 Å². The zero-order valence-electron chi connectivity index (χ0n) is 10.4. The SMILES string of the molecule is COC(=O)CN(C(=O)c1ccc(O)cc1F)C1CC1. The molecule has 1 aliphatic carbocycles. The van der Waals surface area contributed by atoms with Crippen molar-refractivity contribution >= 4 is 11.9 Å². The molecule has 0 unspecified atom stereocenters. The van der Waals surface area contributed by atoms with E-state index in [1.165, 1.54) is 24.1 Å². The normalized spacial score (nSPS) is 14.0. The quantitative estimate of drug-likeness (QED) is 0.835. The molecule has 1 N–H and O–H groups in total. The fourth-order valence-electron chi connectivity index (χ4n) is 1.79. The maximum atomic E-state index is 13.6. The van der Waals surface area contributed by atoms with Gasteiger partial charge in [-0.25, -0.2) is 4.39 Å². The van der Waals surface area contributed by atoms with Crippen molar-refractivity contribution in [2.24, 2.45) is 0 Å². The Labute approximate surface area is 109 Å². The van der Waals surface area contributed by atoms with Crippen LogP contribution in [0, 0.1) is 5.82 Å². The molecule has 1 aromatic rings. The van der Waals surface area contributed by atoms with E-state index in [0.29, 0.717) is 0 Å². The lowest BCUT2D eigenvalue weighted by molar-refractivity contribution is -0.141.